The van der Waals surface area contributed by atoms with E-state index in [9.17, 15) is 9.90 Å². The van der Waals surface area contributed by atoms with Gasteiger partial charge in [0.05, 0.1) is 25.9 Å². The van der Waals surface area contributed by atoms with Crippen molar-refractivity contribution in [1.82, 2.24) is 4.90 Å². The topological polar surface area (TPSA) is 71.0 Å². The van der Waals surface area contributed by atoms with E-state index in [1.165, 1.54) is 11.1 Å². The second-order valence-corrected chi connectivity index (χ2v) is 6.81. The molecule has 0 bridgehead atoms. The van der Waals surface area contributed by atoms with Crippen molar-refractivity contribution in [2.75, 3.05) is 31.7 Å². The van der Waals surface area contributed by atoms with E-state index in [2.05, 4.69) is 17.4 Å². The van der Waals surface area contributed by atoms with E-state index < -0.39 is 0 Å². The van der Waals surface area contributed by atoms with E-state index in [1.54, 1.807) is 11.0 Å². The summed E-state index contributed by atoms with van der Waals surface area (Å²) in [6.07, 6.45) is 2.65. The summed E-state index contributed by atoms with van der Waals surface area (Å²) in [4.78, 5) is 14.7. The Morgan fingerprint density at radius 2 is 1.96 bits per heavy atom. The van der Waals surface area contributed by atoms with Gasteiger partial charge in [0.1, 0.15) is 0 Å². The molecule has 2 aromatic rings. The highest BCUT2D eigenvalue weighted by Gasteiger charge is 2.30. The van der Waals surface area contributed by atoms with Crippen LogP contribution in [0, 0.1) is 0 Å². The Morgan fingerprint density at radius 1 is 1.15 bits per heavy atom. The Kier molecular flexibility index (Phi) is 5.16. The van der Waals surface area contributed by atoms with Crippen LogP contribution in [0.2, 0.25) is 0 Å². The van der Waals surface area contributed by atoms with Gasteiger partial charge >= 0.3 is 6.03 Å². The lowest BCUT2D eigenvalue weighted by Gasteiger charge is -2.29. The first kappa shape index (κ1) is 17.7. The molecule has 6 heteroatoms. The van der Waals surface area contributed by atoms with Crippen LogP contribution in [0.1, 0.15) is 30.0 Å². The number of rotatable bonds is 4. The Labute approximate surface area is 158 Å². The van der Waals surface area contributed by atoms with Gasteiger partial charge < -0.3 is 24.8 Å². The molecule has 1 aliphatic carbocycles. The van der Waals surface area contributed by atoms with Crippen molar-refractivity contribution < 1.29 is 19.4 Å². The number of nitrogens with one attached hydrogen (secondary N) is 1. The predicted octanol–water partition coefficient (Wildman–Crippen LogP) is 3.36. The molecule has 27 heavy (non-hydrogen) atoms. The Bertz CT molecular complexity index is 824. The molecule has 2 N–H and O–H groups in total. The number of ether oxygens (including phenoxy) is 2. The molecule has 2 aromatic carbocycles. The largest absolute Gasteiger partial charge is 0.490 e. The van der Waals surface area contributed by atoms with Gasteiger partial charge in [-0.3, -0.25) is 0 Å². The number of aliphatic hydroxyl groups is 1. The van der Waals surface area contributed by atoms with Gasteiger partial charge in [-0.1, -0.05) is 24.3 Å². The maximum atomic E-state index is 13.0. The monoisotopic (exact) mass is 368 g/mol. The van der Waals surface area contributed by atoms with Gasteiger partial charge in [-0.05, 0) is 36.1 Å². The highest BCUT2D eigenvalue weighted by atomic mass is 16.5. The number of urea groups is 1. The third-order valence-electron chi connectivity index (χ3n) is 5.08. The number of aryl methyl sites for hydroxylation is 1. The number of benzene rings is 2. The fourth-order valence-corrected chi connectivity index (χ4v) is 3.80. The molecule has 2 amide bonds. The first-order chi connectivity index (χ1) is 13.3. The molecule has 4 rings (SSSR count). The van der Waals surface area contributed by atoms with Crippen LogP contribution in [-0.4, -0.2) is 42.4 Å². The van der Waals surface area contributed by atoms with Crippen LogP contribution < -0.4 is 14.8 Å². The van der Waals surface area contributed by atoms with E-state index in [0.29, 0.717) is 30.4 Å². The summed E-state index contributed by atoms with van der Waals surface area (Å²) in [5.74, 6) is 1.34. The Balaban J connectivity index is 1.53. The third kappa shape index (κ3) is 3.71. The van der Waals surface area contributed by atoms with E-state index >= 15 is 0 Å². The quantitative estimate of drug-likeness (QED) is 0.868. The normalized spacial score (nSPS) is 17.7. The van der Waals surface area contributed by atoms with E-state index in [-0.39, 0.29) is 25.2 Å². The van der Waals surface area contributed by atoms with E-state index in [4.69, 9.17) is 9.47 Å². The zero-order valence-corrected chi connectivity index (χ0v) is 15.2. The molecule has 0 spiro atoms. The number of anilines is 1. The molecule has 0 fully saturated rings. The molecule has 142 valence electrons. The average molecular weight is 368 g/mol. The molecule has 1 atom stereocenters. The molecule has 2 aliphatic rings. The number of amides is 2. The number of hydrogen-bond donors (Lipinski definition) is 2. The Hall–Kier alpha value is -2.73. The van der Waals surface area contributed by atoms with Gasteiger partial charge in [-0.25, -0.2) is 4.79 Å². The maximum Gasteiger partial charge on any atom is 0.322 e. The fraction of sp³-hybridized carbons (Fsp3) is 0.381. The lowest BCUT2D eigenvalue weighted by Crippen LogP contribution is -2.39. The third-order valence-corrected chi connectivity index (χ3v) is 5.08. The summed E-state index contributed by atoms with van der Waals surface area (Å²) in [5, 5.41) is 12.4. The highest BCUT2D eigenvalue weighted by Crippen LogP contribution is 2.36. The van der Waals surface area contributed by atoms with Crippen molar-refractivity contribution in [1.29, 1.82) is 0 Å². The molecule has 0 aromatic heterocycles. The molecular weight excluding hydrogens is 344 g/mol. The number of nitrogens with zero attached hydrogens (tertiary/aromatic N) is 1. The van der Waals surface area contributed by atoms with Crippen LogP contribution in [-0.2, 0) is 6.42 Å². The van der Waals surface area contributed by atoms with Crippen LogP contribution in [0.25, 0.3) is 0 Å². The van der Waals surface area contributed by atoms with Crippen molar-refractivity contribution in [3.63, 3.8) is 0 Å². The Morgan fingerprint density at radius 3 is 2.81 bits per heavy atom. The molecule has 0 unspecified atom stereocenters. The fourth-order valence-electron chi connectivity index (χ4n) is 3.80. The summed E-state index contributed by atoms with van der Waals surface area (Å²) < 4.78 is 11.3. The van der Waals surface area contributed by atoms with Crippen LogP contribution in [0.5, 0.6) is 11.5 Å². The van der Waals surface area contributed by atoms with Crippen LogP contribution in [0.15, 0.2) is 42.5 Å². The number of carbonyl (C=O) groups is 1. The van der Waals surface area contributed by atoms with Gasteiger partial charge in [-0.2, -0.15) is 0 Å². The highest BCUT2D eigenvalue weighted by molar-refractivity contribution is 5.90. The predicted molar refractivity (Wildman–Crippen MR) is 102 cm³/mol. The molecule has 1 heterocycles. The van der Waals surface area contributed by atoms with Crippen LogP contribution >= 0.6 is 0 Å². The minimum Gasteiger partial charge on any atom is -0.490 e. The molecule has 0 radical (unpaired) electrons. The summed E-state index contributed by atoms with van der Waals surface area (Å²) in [6, 6.07) is 13.4. The van der Waals surface area contributed by atoms with Crippen LogP contribution in [0.4, 0.5) is 10.5 Å². The number of aliphatic hydroxyl groups excluding tert-OH is 1. The molecule has 6 nitrogen and oxygen atoms in total. The second kappa shape index (κ2) is 7.88. The number of hydrogen-bond acceptors (Lipinski definition) is 4. The van der Waals surface area contributed by atoms with Gasteiger partial charge in [0.15, 0.2) is 11.5 Å². The minimum atomic E-state index is -0.222. The first-order valence-corrected chi connectivity index (χ1v) is 9.42. The summed E-state index contributed by atoms with van der Waals surface area (Å²) >= 11 is 0. The minimum absolute atomic E-state index is 0.0197. The number of carbonyl (C=O) groups excluding carboxylic acids is 1. The van der Waals surface area contributed by atoms with Crippen molar-refractivity contribution in [3.05, 3.63) is 53.6 Å². The summed E-state index contributed by atoms with van der Waals surface area (Å²) in [7, 11) is 0. The second-order valence-electron chi connectivity index (χ2n) is 6.81. The van der Waals surface area contributed by atoms with Crippen molar-refractivity contribution in [3.8, 4) is 11.5 Å². The maximum absolute atomic E-state index is 13.0. The lowest BCUT2D eigenvalue weighted by atomic mass is 10.1. The SMILES string of the molecule is O=C(Nc1ccc2c(c1)OCCCO2)N(CCO)[C@H]1CCc2ccccc21. The van der Waals surface area contributed by atoms with Gasteiger partial charge in [0.25, 0.3) is 0 Å². The van der Waals surface area contributed by atoms with Gasteiger partial charge in [0.2, 0.25) is 0 Å². The average Bonchev–Trinajstić information content (AvgIpc) is 2.96. The standard InChI is InChI=1S/C21H24N2O4/c24-11-10-23(18-8-6-15-4-1-2-5-17(15)18)21(25)22-16-7-9-19-20(14-16)27-13-3-12-26-19/h1-2,4-5,7,9,14,18,24H,3,6,8,10-13H2,(H,22,25)/t18-/m0/s1. The smallest absolute Gasteiger partial charge is 0.322 e. The van der Waals surface area contributed by atoms with Gasteiger partial charge in [-0.15, -0.1) is 0 Å². The molecular formula is C21H24N2O4. The van der Waals surface area contributed by atoms with Crippen molar-refractivity contribution in [2.45, 2.75) is 25.3 Å². The molecule has 1 aliphatic heterocycles. The summed E-state index contributed by atoms with van der Waals surface area (Å²) in [5.41, 5.74) is 3.09. The van der Waals surface area contributed by atoms with Crippen LogP contribution in [0.3, 0.4) is 0 Å². The zero-order valence-electron chi connectivity index (χ0n) is 15.2. The van der Waals surface area contributed by atoms with Gasteiger partial charge in [0, 0.05) is 24.7 Å². The van der Waals surface area contributed by atoms with E-state index in [0.717, 1.165) is 19.3 Å². The van der Waals surface area contributed by atoms with E-state index in [1.807, 2.05) is 24.3 Å². The molecule has 0 saturated heterocycles. The summed E-state index contributed by atoms with van der Waals surface area (Å²) in [6.45, 7) is 1.44. The number of fused-ring (bicyclic) bond motifs is 2. The lowest BCUT2D eigenvalue weighted by molar-refractivity contribution is 0.162. The van der Waals surface area contributed by atoms with Crippen molar-refractivity contribution in [2.24, 2.45) is 0 Å². The van der Waals surface area contributed by atoms with Crippen molar-refractivity contribution >= 4 is 11.7 Å². The first-order valence-electron chi connectivity index (χ1n) is 9.42. The molecule has 0 saturated carbocycles. The zero-order chi connectivity index (χ0) is 18.6.